The van der Waals surface area contributed by atoms with Crippen molar-refractivity contribution in [2.45, 2.75) is 50.4 Å². The minimum Gasteiger partial charge on any atom is -0.355 e. The summed E-state index contributed by atoms with van der Waals surface area (Å²) in [6.45, 7) is 3.55. The number of hydrogen-bond donors (Lipinski definition) is 2. The second-order valence-corrected chi connectivity index (χ2v) is 9.76. The molecule has 1 saturated heterocycles. The molecule has 1 atom stereocenters. The van der Waals surface area contributed by atoms with E-state index in [1.807, 2.05) is 18.2 Å². The topological polar surface area (TPSA) is 92.9 Å². The maximum atomic E-state index is 13.5. The summed E-state index contributed by atoms with van der Waals surface area (Å²) in [6, 6.07) is 8.87. The molecular weight excluding hydrogens is 598 g/mol. The van der Waals surface area contributed by atoms with Gasteiger partial charge in [-0.2, -0.15) is 13.2 Å². The SMILES string of the molecule is CC[C@@]1(Nc2nccc(-c3cc(N4CCC(N)CC4)nnc3-c3cccc(C(F)(F)F)c3)n2)C=CC=CC1.Cl.Cl.Cl. The molecule has 0 saturated carbocycles. The highest BCUT2D eigenvalue weighted by molar-refractivity contribution is 5.86. The second-order valence-electron chi connectivity index (χ2n) is 9.76. The van der Waals surface area contributed by atoms with Gasteiger partial charge in [-0.1, -0.05) is 43.4 Å². The van der Waals surface area contributed by atoms with E-state index in [1.165, 1.54) is 6.07 Å². The lowest BCUT2D eigenvalue weighted by Gasteiger charge is -2.31. The third kappa shape index (κ3) is 7.88. The summed E-state index contributed by atoms with van der Waals surface area (Å²) in [5.74, 6) is 1.07. The van der Waals surface area contributed by atoms with Gasteiger partial charge in [-0.05, 0) is 49.9 Å². The number of allylic oxidation sites excluding steroid dienone is 2. The number of piperidine rings is 1. The first kappa shape index (κ1) is 34.3. The van der Waals surface area contributed by atoms with Crippen LogP contribution < -0.4 is 16.0 Å². The molecule has 0 amide bonds. The van der Waals surface area contributed by atoms with Crippen molar-refractivity contribution in [3.05, 3.63) is 72.5 Å². The first-order chi connectivity index (χ1) is 18.3. The molecule has 5 rings (SSSR count). The van der Waals surface area contributed by atoms with Gasteiger partial charge in [-0.15, -0.1) is 47.4 Å². The number of alkyl halides is 3. The fourth-order valence-electron chi connectivity index (χ4n) is 4.82. The number of nitrogens with one attached hydrogen (secondary N) is 1. The van der Waals surface area contributed by atoms with Crippen LogP contribution in [0.2, 0.25) is 0 Å². The summed E-state index contributed by atoms with van der Waals surface area (Å²) < 4.78 is 40.5. The van der Waals surface area contributed by atoms with Crippen LogP contribution in [-0.4, -0.2) is 44.8 Å². The highest BCUT2D eigenvalue weighted by Gasteiger charge is 2.31. The van der Waals surface area contributed by atoms with Gasteiger partial charge >= 0.3 is 6.18 Å². The van der Waals surface area contributed by atoms with E-state index < -0.39 is 11.7 Å². The summed E-state index contributed by atoms with van der Waals surface area (Å²) in [5, 5.41) is 12.3. The van der Waals surface area contributed by atoms with Crippen LogP contribution in [0.15, 0.2) is 66.9 Å². The molecular formula is C28H33Cl3F3N7. The van der Waals surface area contributed by atoms with E-state index in [9.17, 15) is 13.2 Å². The number of anilines is 2. The molecule has 3 N–H and O–H groups in total. The Kier molecular flexibility index (Phi) is 12.0. The summed E-state index contributed by atoms with van der Waals surface area (Å²) in [4.78, 5) is 11.3. The predicted molar refractivity (Wildman–Crippen MR) is 164 cm³/mol. The van der Waals surface area contributed by atoms with E-state index in [0.717, 1.165) is 50.9 Å². The van der Waals surface area contributed by atoms with Crippen molar-refractivity contribution >= 4 is 49.0 Å². The molecule has 0 unspecified atom stereocenters. The highest BCUT2D eigenvalue weighted by Crippen LogP contribution is 2.36. The standard InChI is InChI=1S/C28H30F3N7.3ClH/c1-2-27(12-4-3-5-13-27)35-26-33-14-9-23(34-26)22-18-24(38-15-10-21(32)11-16-38)36-37-25(22)19-7-6-8-20(17-19)28(29,30)31;;;/h3-9,12,14,17-18,21H,2,10-11,13,15-16,32H2,1H3,(H,33,34,35);3*1H/t27-;;;/m1.../s1. The Labute approximate surface area is 256 Å². The molecule has 1 aromatic carbocycles. The average molecular weight is 631 g/mol. The predicted octanol–water partition coefficient (Wildman–Crippen LogP) is 6.89. The lowest BCUT2D eigenvalue weighted by Crippen LogP contribution is -2.40. The summed E-state index contributed by atoms with van der Waals surface area (Å²) >= 11 is 0. The van der Waals surface area contributed by atoms with Gasteiger partial charge in [0.2, 0.25) is 5.95 Å². The Balaban J connectivity index is 0.00000196. The smallest absolute Gasteiger partial charge is 0.355 e. The van der Waals surface area contributed by atoms with Crippen molar-refractivity contribution in [3.8, 4) is 22.5 Å². The van der Waals surface area contributed by atoms with Crippen molar-refractivity contribution in [3.63, 3.8) is 0 Å². The Morgan fingerprint density at radius 2 is 1.80 bits per heavy atom. The largest absolute Gasteiger partial charge is 0.416 e. The number of halogens is 6. The number of rotatable bonds is 6. The zero-order valence-corrected chi connectivity index (χ0v) is 24.8. The number of hydrogen-bond acceptors (Lipinski definition) is 7. The van der Waals surface area contributed by atoms with Crippen LogP contribution in [0.1, 0.15) is 38.2 Å². The second kappa shape index (κ2) is 14.3. The van der Waals surface area contributed by atoms with Crippen molar-refractivity contribution in [2.75, 3.05) is 23.3 Å². The highest BCUT2D eigenvalue weighted by atomic mass is 35.5. The van der Waals surface area contributed by atoms with Gasteiger partial charge in [0.1, 0.15) is 5.69 Å². The van der Waals surface area contributed by atoms with Gasteiger partial charge in [0.25, 0.3) is 0 Å². The van der Waals surface area contributed by atoms with Gasteiger partial charge in [0.05, 0.1) is 16.8 Å². The molecule has 3 aromatic rings. The number of aromatic nitrogens is 4. The van der Waals surface area contributed by atoms with Gasteiger partial charge in [-0.25, -0.2) is 9.97 Å². The monoisotopic (exact) mass is 629 g/mol. The minimum atomic E-state index is -4.47. The van der Waals surface area contributed by atoms with E-state index in [1.54, 1.807) is 18.3 Å². The van der Waals surface area contributed by atoms with E-state index >= 15 is 0 Å². The van der Waals surface area contributed by atoms with Crippen LogP contribution >= 0.6 is 37.2 Å². The third-order valence-electron chi connectivity index (χ3n) is 7.18. The minimum absolute atomic E-state index is 0. The number of benzene rings is 1. The molecule has 0 spiro atoms. The fourth-order valence-corrected chi connectivity index (χ4v) is 4.82. The molecule has 41 heavy (non-hydrogen) atoms. The summed E-state index contributed by atoms with van der Waals surface area (Å²) in [6.07, 6.45) is 8.65. The number of nitrogens with zero attached hydrogens (tertiary/aromatic N) is 5. The summed E-state index contributed by atoms with van der Waals surface area (Å²) in [7, 11) is 0. The molecule has 0 radical (unpaired) electrons. The normalized spacial score (nSPS) is 18.6. The molecule has 3 heterocycles. The lowest BCUT2D eigenvalue weighted by atomic mass is 9.89. The average Bonchev–Trinajstić information content (AvgIpc) is 2.93. The van der Waals surface area contributed by atoms with Crippen LogP contribution in [-0.2, 0) is 6.18 Å². The maximum Gasteiger partial charge on any atom is 0.416 e. The van der Waals surface area contributed by atoms with Gasteiger partial charge in [-0.3, -0.25) is 0 Å². The van der Waals surface area contributed by atoms with E-state index in [0.29, 0.717) is 34.3 Å². The maximum absolute atomic E-state index is 13.5. The molecule has 1 aliphatic carbocycles. The van der Waals surface area contributed by atoms with Crippen molar-refractivity contribution < 1.29 is 13.2 Å². The first-order valence-electron chi connectivity index (χ1n) is 12.8. The van der Waals surface area contributed by atoms with Gasteiger partial charge < -0.3 is 16.0 Å². The van der Waals surface area contributed by atoms with E-state index in [4.69, 9.17) is 10.7 Å². The summed E-state index contributed by atoms with van der Waals surface area (Å²) in [5.41, 5.74) is 6.77. The molecule has 222 valence electrons. The third-order valence-corrected chi connectivity index (χ3v) is 7.18. The Hall–Kier alpha value is -2.92. The van der Waals surface area contributed by atoms with Crippen LogP contribution in [0.5, 0.6) is 0 Å². The van der Waals surface area contributed by atoms with Gasteiger partial charge in [0.15, 0.2) is 5.82 Å². The zero-order valence-electron chi connectivity index (χ0n) is 22.3. The number of nitrogens with two attached hydrogens (primary N) is 1. The molecule has 2 aliphatic rings. The van der Waals surface area contributed by atoms with Crippen molar-refractivity contribution in [1.29, 1.82) is 0 Å². The van der Waals surface area contributed by atoms with Gasteiger partial charge in [0, 0.05) is 36.5 Å². The Morgan fingerprint density at radius 3 is 2.46 bits per heavy atom. The lowest BCUT2D eigenvalue weighted by molar-refractivity contribution is -0.137. The molecule has 0 bridgehead atoms. The van der Waals surface area contributed by atoms with Crippen LogP contribution in [0.4, 0.5) is 24.9 Å². The van der Waals surface area contributed by atoms with E-state index in [-0.39, 0.29) is 48.8 Å². The van der Waals surface area contributed by atoms with E-state index in [2.05, 4.69) is 44.5 Å². The van der Waals surface area contributed by atoms with Crippen molar-refractivity contribution in [1.82, 2.24) is 20.2 Å². The zero-order chi connectivity index (χ0) is 26.8. The Morgan fingerprint density at radius 1 is 1.05 bits per heavy atom. The fraction of sp³-hybridized carbons (Fsp3) is 0.357. The molecule has 13 heteroatoms. The molecule has 7 nitrogen and oxygen atoms in total. The quantitative estimate of drug-likeness (QED) is 0.306. The van der Waals surface area contributed by atoms with Crippen LogP contribution in [0.3, 0.4) is 0 Å². The molecule has 1 aliphatic heterocycles. The first-order valence-corrected chi connectivity index (χ1v) is 12.8. The molecule has 2 aromatic heterocycles. The van der Waals surface area contributed by atoms with Crippen LogP contribution in [0.25, 0.3) is 22.5 Å². The molecule has 1 fully saturated rings. The van der Waals surface area contributed by atoms with Crippen molar-refractivity contribution in [2.24, 2.45) is 5.73 Å². The Bertz CT molecular complexity index is 1360. The van der Waals surface area contributed by atoms with Crippen LogP contribution in [0, 0.1) is 0 Å².